The molecule has 1 aromatic carbocycles. The predicted octanol–water partition coefficient (Wildman–Crippen LogP) is 3.33. The van der Waals surface area contributed by atoms with Crippen LogP contribution in [0, 0.1) is 19.6 Å². The maximum Gasteiger partial charge on any atom is 0.282 e. The van der Waals surface area contributed by atoms with Gasteiger partial charge in [-0.15, -0.1) is 6.58 Å². The van der Waals surface area contributed by atoms with Crippen LogP contribution in [0.5, 0.6) is 0 Å². The number of benzene rings is 1. The quantitative estimate of drug-likeness (QED) is 0.488. The van der Waals surface area contributed by atoms with E-state index in [1.807, 2.05) is 35.6 Å². The summed E-state index contributed by atoms with van der Waals surface area (Å²) in [6, 6.07) is 5.16. The lowest BCUT2D eigenvalue weighted by Crippen LogP contribution is -1.95. The fourth-order valence-electron chi connectivity index (χ4n) is 1.02. The van der Waals surface area contributed by atoms with Gasteiger partial charge in [-0.3, -0.25) is 10.1 Å². The van der Waals surface area contributed by atoms with Crippen molar-refractivity contribution in [2.75, 3.05) is 0 Å². The summed E-state index contributed by atoms with van der Waals surface area (Å²) in [6.07, 6.45) is 1.69. The molecule has 0 spiro atoms. The Bertz CT molecular complexity index is 376. The second-order valence-electron chi connectivity index (χ2n) is 2.81. The molecule has 1 aromatic rings. The van der Waals surface area contributed by atoms with E-state index in [0.717, 1.165) is 11.5 Å². The first-order valence-electron chi connectivity index (χ1n) is 3.96. The van der Waals surface area contributed by atoms with Crippen molar-refractivity contribution in [3.05, 3.63) is 56.0 Å². The van der Waals surface area contributed by atoms with Crippen LogP contribution >= 0.6 is 22.6 Å². The minimum atomic E-state index is -0.373. The average molecular weight is 302 g/mol. The summed E-state index contributed by atoms with van der Waals surface area (Å²) in [5, 5.41) is 10.7. The van der Waals surface area contributed by atoms with E-state index >= 15 is 0 Å². The highest BCUT2D eigenvalue weighted by atomic mass is 127. The maximum atomic E-state index is 10.7. The number of allylic oxidation sites excluding steroid dienone is 1. The number of nitro benzene ring substituents is 1. The summed E-state index contributed by atoms with van der Waals surface area (Å²) in [4.78, 5) is 10.3. The molecule has 1 rings (SSSR count). The molecular weight excluding hydrogens is 293 g/mol. The zero-order valence-corrected chi connectivity index (χ0v) is 9.82. The third kappa shape index (κ3) is 2.31. The van der Waals surface area contributed by atoms with Crippen molar-refractivity contribution in [1.29, 1.82) is 0 Å². The van der Waals surface area contributed by atoms with Crippen molar-refractivity contribution in [3.63, 3.8) is 0 Å². The van der Waals surface area contributed by atoms with Crippen LogP contribution < -0.4 is 0 Å². The van der Waals surface area contributed by atoms with Crippen molar-refractivity contribution in [3.8, 4) is 0 Å². The van der Waals surface area contributed by atoms with E-state index in [9.17, 15) is 10.1 Å². The van der Waals surface area contributed by atoms with E-state index in [2.05, 4.69) is 6.58 Å². The van der Waals surface area contributed by atoms with E-state index in [-0.39, 0.29) is 10.6 Å². The molecule has 3 nitrogen and oxygen atoms in total. The molecule has 0 atom stereocenters. The van der Waals surface area contributed by atoms with Crippen LogP contribution in [0.25, 0.3) is 0 Å². The molecule has 0 saturated heterocycles. The van der Waals surface area contributed by atoms with Gasteiger partial charge in [0, 0.05) is 12.0 Å². The molecule has 0 aromatic heterocycles. The third-order valence-corrected chi connectivity index (χ3v) is 2.82. The van der Waals surface area contributed by atoms with E-state index in [4.69, 9.17) is 0 Å². The highest BCUT2D eigenvalue weighted by Crippen LogP contribution is 2.25. The summed E-state index contributed by atoms with van der Waals surface area (Å²) < 4.78 is 0.646. The first-order valence-corrected chi connectivity index (χ1v) is 5.04. The molecule has 0 fully saturated rings. The molecule has 0 bridgehead atoms. The second kappa shape index (κ2) is 4.54. The fourth-order valence-corrected chi connectivity index (χ4v) is 1.55. The Morgan fingerprint density at radius 2 is 2.29 bits per heavy atom. The highest BCUT2D eigenvalue weighted by molar-refractivity contribution is 14.1. The Morgan fingerprint density at radius 1 is 1.64 bits per heavy atom. The molecule has 0 heterocycles. The monoisotopic (exact) mass is 302 g/mol. The molecule has 0 amide bonds. The van der Waals surface area contributed by atoms with Gasteiger partial charge in [0.1, 0.15) is 0 Å². The molecule has 0 aliphatic carbocycles. The fraction of sp³-hybridized carbons (Fsp3) is 0.100. The molecule has 0 aliphatic rings. The Hall–Kier alpha value is -0.910. The van der Waals surface area contributed by atoms with Gasteiger partial charge in [0.25, 0.3) is 5.69 Å². The normalized spacial score (nSPS) is 10.2. The lowest BCUT2D eigenvalue weighted by Gasteiger charge is -2.05. The van der Waals surface area contributed by atoms with Crippen LogP contribution in [-0.2, 0) is 0 Å². The highest BCUT2D eigenvalue weighted by Gasteiger charge is 2.13. The van der Waals surface area contributed by atoms with Crippen LogP contribution in [0.15, 0.2) is 30.9 Å². The van der Waals surface area contributed by atoms with E-state index in [1.54, 1.807) is 18.2 Å². The zero-order chi connectivity index (χ0) is 10.7. The molecule has 0 aliphatic heterocycles. The predicted molar refractivity (Wildman–Crippen MR) is 64.0 cm³/mol. The third-order valence-electron chi connectivity index (χ3n) is 1.90. The molecule has 73 valence electrons. The number of halogens is 1. The Kier molecular flexibility index (Phi) is 3.62. The second-order valence-corrected chi connectivity index (χ2v) is 3.97. The smallest absolute Gasteiger partial charge is 0.258 e. The van der Waals surface area contributed by atoms with E-state index in [0.29, 0.717) is 3.57 Å². The minimum absolute atomic E-state index is 0.143. The van der Waals surface area contributed by atoms with Crippen LogP contribution in [0.4, 0.5) is 5.69 Å². The topological polar surface area (TPSA) is 43.1 Å². The largest absolute Gasteiger partial charge is 0.282 e. The van der Waals surface area contributed by atoms with Crippen molar-refractivity contribution in [2.24, 2.45) is 0 Å². The SMILES string of the molecule is C=C[C](C)c1ccc(I)c([N+](=O)[O-])c1. The molecule has 0 N–H and O–H groups in total. The average Bonchev–Trinajstić information content (AvgIpc) is 2.17. The number of hydrogen-bond acceptors (Lipinski definition) is 2. The number of rotatable bonds is 3. The number of nitrogens with zero attached hydrogens (tertiary/aromatic N) is 1. The van der Waals surface area contributed by atoms with Gasteiger partial charge in [-0.2, -0.15) is 0 Å². The summed E-state index contributed by atoms with van der Waals surface area (Å²) in [7, 11) is 0. The summed E-state index contributed by atoms with van der Waals surface area (Å²) in [5.41, 5.74) is 0.983. The molecular formula is C10H9INO2. The maximum absolute atomic E-state index is 10.7. The van der Waals surface area contributed by atoms with E-state index in [1.165, 1.54) is 0 Å². The Labute approximate surface area is 96.1 Å². The molecule has 14 heavy (non-hydrogen) atoms. The number of hydrogen-bond donors (Lipinski definition) is 0. The summed E-state index contributed by atoms with van der Waals surface area (Å²) in [5.74, 6) is 0.935. The van der Waals surface area contributed by atoms with Gasteiger partial charge in [-0.05, 0) is 34.2 Å². The van der Waals surface area contributed by atoms with E-state index < -0.39 is 0 Å². The summed E-state index contributed by atoms with van der Waals surface area (Å²) in [6.45, 7) is 5.50. The Balaban J connectivity index is 3.19. The van der Waals surface area contributed by atoms with Gasteiger partial charge >= 0.3 is 0 Å². The zero-order valence-electron chi connectivity index (χ0n) is 7.66. The molecule has 0 unspecified atom stereocenters. The molecule has 1 radical (unpaired) electrons. The van der Waals surface area contributed by atoms with Gasteiger partial charge < -0.3 is 0 Å². The van der Waals surface area contributed by atoms with Crippen LogP contribution in [0.2, 0.25) is 0 Å². The van der Waals surface area contributed by atoms with Crippen LogP contribution in [0.1, 0.15) is 12.5 Å². The van der Waals surface area contributed by atoms with Crippen molar-refractivity contribution in [2.45, 2.75) is 6.92 Å². The van der Waals surface area contributed by atoms with Crippen molar-refractivity contribution < 1.29 is 4.92 Å². The number of nitro groups is 1. The minimum Gasteiger partial charge on any atom is -0.258 e. The van der Waals surface area contributed by atoms with Crippen molar-refractivity contribution in [1.82, 2.24) is 0 Å². The van der Waals surface area contributed by atoms with Gasteiger partial charge in [-0.25, -0.2) is 0 Å². The van der Waals surface area contributed by atoms with Gasteiger partial charge in [0.05, 0.1) is 8.49 Å². The van der Waals surface area contributed by atoms with Crippen LogP contribution in [-0.4, -0.2) is 4.92 Å². The van der Waals surface area contributed by atoms with Gasteiger partial charge in [0.2, 0.25) is 0 Å². The lowest BCUT2D eigenvalue weighted by atomic mass is 10.0. The molecule has 4 heteroatoms. The summed E-state index contributed by atoms with van der Waals surface area (Å²) >= 11 is 1.95. The van der Waals surface area contributed by atoms with Gasteiger partial charge in [0.15, 0.2) is 0 Å². The first-order chi connectivity index (χ1) is 6.56. The standard InChI is InChI=1S/C10H9INO2/c1-3-7(2)8-4-5-9(11)10(6-8)12(13)14/h3-6H,1H2,2H3. The first kappa shape index (κ1) is 11.2. The Morgan fingerprint density at radius 3 is 2.79 bits per heavy atom. The van der Waals surface area contributed by atoms with Crippen LogP contribution in [0.3, 0.4) is 0 Å². The van der Waals surface area contributed by atoms with Crippen molar-refractivity contribution >= 4 is 28.3 Å². The molecule has 0 saturated carbocycles. The lowest BCUT2D eigenvalue weighted by molar-refractivity contribution is -0.385. The van der Waals surface area contributed by atoms with Gasteiger partial charge in [-0.1, -0.05) is 19.1 Å².